The number of ether oxygens (including phenoxy) is 2. The Morgan fingerprint density at radius 2 is 1.80 bits per heavy atom. The summed E-state index contributed by atoms with van der Waals surface area (Å²) in [5.74, 6) is -0.349. The minimum Gasteiger partial charge on any atom is -0.490 e. The number of imide groups is 1. The molecule has 0 unspecified atom stereocenters. The average Bonchev–Trinajstić information content (AvgIpc) is 3.10. The Balaban J connectivity index is 1.58. The maximum absolute atomic E-state index is 12.9. The highest BCUT2D eigenvalue weighted by molar-refractivity contribution is 9.10. The van der Waals surface area contributed by atoms with E-state index in [4.69, 9.17) is 21.1 Å². The van der Waals surface area contributed by atoms with Gasteiger partial charge >= 0.3 is 5.97 Å². The van der Waals surface area contributed by atoms with Gasteiger partial charge in [0, 0.05) is 5.02 Å². The van der Waals surface area contributed by atoms with Crippen molar-refractivity contribution in [1.82, 2.24) is 4.90 Å². The molecule has 0 spiro atoms. The highest BCUT2D eigenvalue weighted by atomic mass is 79.9. The van der Waals surface area contributed by atoms with Crippen LogP contribution in [0, 0.1) is 0 Å². The van der Waals surface area contributed by atoms with Crippen molar-refractivity contribution in [2.45, 2.75) is 13.5 Å². The predicted molar refractivity (Wildman–Crippen MR) is 140 cm³/mol. The largest absolute Gasteiger partial charge is 0.490 e. The van der Waals surface area contributed by atoms with E-state index in [-0.39, 0.29) is 28.3 Å². The van der Waals surface area contributed by atoms with Gasteiger partial charge in [0.25, 0.3) is 11.1 Å². The lowest BCUT2D eigenvalue weighted by Gasteiger charge is -2.14. The summed E-state index contributed by atoms with van der Waals surface area (Å²) in [4.78, 5) is 39.5. The van der Waals surface area contributed by atoms with Crippen LogP contribution in [0.5, 0.6) is 11.5 Å². The molecule has 0 aromatic heterocycles. The van der Waals surface area contributed by atoms with E-state index in [0.717, 1.165) is 17.3 Å². The first-order valence-electron chi connectivity index (χ1n) is 10.6. The van der Waals surface area contributed by atoms with E-state index in [1.54, 1.807) is 66.7 Å². The second-order valence-corrected chi connectivity index (χ2v) is 9.70. The Morgan fingerprint density at radius 3 is 2.49 bits per heavy atom. The summed E-state index contributed by atoms with van der Waals surface area (Å²) in [5, 5.41) is 0.227. The van der Waals surface area contributed by atoms with E-state index < -0.39 is 5.97 Å². The zero-order valence-corrected chi connectivity index (χ0v) is 21.7. The first-order chi connectivity index (χ1) is 16.9. The maximum atomic E-state index is 12.9. The van der Waals surface area contributed by atoms with E-state index >= 15 is 0 Å². The molecule has 0 aliphatic carbocycles. The highest BCUT2D eigenvalue weighted by Crippen LogP contribution is 2.40. The fraction of sp³-hybridized carbons (Fsp3) is 0.115. The molecule has 0 saturated carbocycles. The fourth-order valence-electron chi connectivity index (χ4n) is 3.32. The van der Waals surface area contributed by atoms with E-state index in [9.17, 15) is 14.4 Å². The quantitative estimate of drug-likeness (QED) is 0.173. The Hall–Kier alpha value is -3.07. The molecule has 3 aromatic carbocycles. The first kappa shape index (κ1) is 25.0. The van der Waals surface area contributed by atoms with E-state index in [0.29, 0.717) is 33.0 Å². The van der Waals surface area contributed by atoms with Crippen LogP contribution in [0.4, 0.5) is 4.79 Å². The lowest BCUT2D eigenvalue weighted by atomic mass is 10.1. The summed E-state index contributed by atoms with van der Waals surface area (Å²) in [5.41, 5.74) is 1.81. The zero-order chi connectivity index (χ0) is 24.9. The molecule has 1 saturated heterocycles. The van der Waals surface area contributed by atoms with Gasteiger partial charge in [-0.25, -0.2) is 4.79 Å². The van der Waals surface area contributed by atoms with Gasteiger partial charge < -0.3 is 9.47 Å². The summed E-state index contributed by atoms with van der Waals surface area (Å²) in [6.07, 6.45) is 1.61. The molecule has 2 amide bonds. The Labute approximate surface area is 220 Å². The molecule has 1 heterocycles. The molecular weight excluding hydrogens is 554 g/mol. The monoisotopic (exact) mass is 571 g/mol. The van der Waals surface area contributed by atoms with Crippen molar-refractivity contribution in [3.63, 3.8) is 0 Å². The number of carbonyl (C=O) groups is 3. The van der Waals surface area contributed by atoms with Crippen LogP contribution in [0.2, 0.25) is 5.02 Å². The van der Waals surface area contributed by atoms with E-state index in [1.165, 1.54) is 4.90 Å². The summed E-state index contributed by atoms with van der Waals surface area (Å²) in [6, 6.07) is 19.0. The molecular formula is C26H19BrClNO5S. The molecule has 4 rings (SSSR count). The standard InChI is InChI=1S/C26H19BrClNO5S/c1-2-33-21-13-17(12-20(27)23(21)34-25(31)18-6-4-3-5-7-18)14-22-24(30)29(26(32)35-22)15-16-8-10-19(28)11-9-16/h3-14H,2,15H2,1H3/b22-14-. The molecule has 1 aliphatic heterocycles. The lowest BCUT2D eigenvalue weighted by molar-refractivity contribution is -0.123. The van der Waals surface area contributed by atoms with Gasteiger partial charge in [0.2, 0.25) is 0 Å². The number of halogens is 2. The number of amides is 2. The Bertz CT molecular complexity index is 1310. The van der Waals surface area contributed by atoms with E-state index in [1.807, 2.05) is 13.0 Å². The molecule has 6 nitrogen and oxygen atoms in total. The van der Waals surface area contributed by atoms with Crippen molar-refractivity contribution in [1.29, 1.82) is 0 Å². The predicted octanol–water partition coefficient (Wildman–Crippen LogP) is 6.96. The van der Waals surface area contributed by atoms with Gasteiger partial charge in [-0.05, 0) is 88.2 Å². The molecule has 0 N–H and O–H groups in total. The second-order valence-electron chi connectivity index (χ2n) is 7.41. The second kappa shape index (κ2) is 11.1. The van der Waals surface area contributed by atoms with Gasteiger partial charge in [0.05, 0.1) is 28.1 Å². The normalized spacial score (nSPS) is 14.5. The summed E-state index contributed by atoms with van der Waals surface area (Å²) >= 11 is 10.2. The van der Waals surface area contributed by atoms with Gasteiger partial charge in [0.1, 0.15) is 0 Å². The van der Waals surface area contributed by atoms with Crippen LogP contribution in [0.3, 0.4) is 0 Å². The zero-order valence-electron chi connectivity index (χ0n) is 18.5. The van der Waals surface area contributed by atoms with Gasteiger partial charge in [-0.1, -0.05) is 41.9 Å². The summed E-state index contributed by atoms with van der Waals surface area (Å²) in [6.45, 7) is 2.30. The number of rotatable bonds is 7. The molecule has 1 aliphatic rings. The molecule has 0 bridgehead atoms. The van der Waals surface area contributed by atoms with Crippen LogP contribution >= 0.6 is 39.3 Å². The van der Waals surface area contributed by atoms with Crippen molar-refractivity contribution in [3.05, 3.63) is 97.8 Å². The Kier molecular flexibility index (Phi) is 7.95. The van der Waals surface area contributed by atoms with E-state index in [2.05, 4.69) is 15.9 Å². The van der Waals surface area contributed by atoms with Crippen LogP contribution in [-0.2, 0) is 11.3 Å². The molecule has 1 fully saturated rings. The fourth-order valence-corrected chi connectivity index (χ4v) is 4.82. The van der Waals surface area contributed by atoms with Gasteiger partial charge in [-0.2, -0.15) is 0 Å². The van der Waals surface area contributed by atoms with Gasteiger partial charge in [-0.15, -0.1) is 0 Å². The molecule has 0 radical (unpaired) electrons. The molecule has 3 aromatic rings. The summed E-state index contributed by atoms with van der Waals surface area (Å²) < 4.78 is 11.8. The van der Waals surface area contributed by atoms with Crippen LogP contribution in [0.15, 0.2) is 76.1 Å². The topological polar surface area (TPSA) is 72.9 Å². The van der Waals surface area contributed by atoms with Crippen molar-refractivity contribution < 1.29 is 23.9 Å². The molecule has 0 atom stereocenters. The number of esters is 1. The first-order valence-corrected chi connectivity index (χ1v) is 12.6. The third-order valence-corrected chi connectivity index (χ3v) is 6.71. The molecule has 9 heteroatoms. The maximum Gasteiger partial charge on any atom is 0.343 e. The smallest absolute Gasteiger partial charge is 0.343 e. The Morgan fingerprint density at radius 1 is 1.09 bits per heavy atom. The third-order valence-electron chi connectivity index (χ3n) is 4.96. The number of hydrogen-bond donors (Lipinski definition) is 0. The van der Waals surface area contributed by atoms with Crippen molar-refractivity contribution in [2.24, 2.45) is 0 Å². The molecule has 178 valence electrons. The number of benzene rings is 3. The van der Waals surface area contributed by atoms with Gasteiger partial charge in [-0.3, -0.25) is 14.5 Å². The number of nitrogens with zero attached hydrogens (tertiary/aromatic N) is 1. The van der Waals surface area contributed by atoms with Crippen molar-refractivity contribution in [2.75, 3.05) is 6.61 Å². The van der Waals surface area contributed by atoms with Crippen LogP contribution in [0.1, 0.15) is 28.4 Å². The lowest BCUT2D eigenvalue weighted by Crippen LogP contribution is -2.27. The summed E-state index contributed by atoms with van der Waals surface area (Å²) in [7, 11) is 0. The van der Waals surface area contributed by atoms with Crippen molar-refractivity contribution >= 4 is 62.5 Å². The molecule has 35 heavy (non-hydrogen) atoms. The minimum absolute atomic E-state index is 0.154. The number of hydrogen-bond acceptors (Lipinski definition) is 6. The SMILES string of the molecule is CCOc1cc(/C=C2\SC(=O)N(Cc3ccc(Cl)cc3)C2=O)cc(Br)c1OC(=O)c1ccccc1. The minimum atomic E-state index is -0.525. The van der Waals surface area contributed by atoms with Crippen LogP contribution < -0.4 is 9.47 Å². The third kappa shape index (κ3) is 5.96. The van der Waals surface area contributed by atoms with Crippen molar-refractivity contribution in [3.8, 4) is 11.5 Å². The average molecular weight is 573 g/mol. The van der Waals surface area contributed by atoms with Crippen LogP contribution in [0.25, 0.3) is 6.08 Å². The number of carbonyl (C=O) groups excluding carboxylic acids is 3. The highest BCUT2D eigenvalue weighted by Gasteiger charge is 2.35. The van der Waals surface area contributed by atoms with Crippen LogP contribution in [-0.4, -0.2) is 28.6 Å². The number of thioether (sulfide) groups is 1. The van der Waals surface area contributed by atoms with Gasteiger partial charge in [0.15, 0.2) is 11.5 Å².